The van der Waals surface area contributed by atoms with Crippen LogP contribution in [0.1, 0.15) is 23.5 Å². The Morgan fingerprint density at radius 1 is 1.14 bits per heavy atom. The van der Waals surface area contributed by atoms with Crippen molar-refractivity contribution in [2.75, 3.05) is 0 Å². The average Bonchev–Trinajstić information content (AvgIpc) is 3.31. The van der Waals surface area contributed by atoms with Crippen molar-refractivity contribution >= 4 is 23.7 Å². The van der Waals surface area contributed by atoms with E-state index in [1.165, 1.54) is 5.56 Å². The van der Waals surface area contributed by atoms with Crippen LogP contribution in [0.15, 0.2) is 59.7 Å². The van der Waals surface area contributed by atoms with Gasteiger partial charge >= 0.3 is 0 Å². The maximum Gasteiger partial charge on any atom is 0.243 e. The van der Waals surface area contributed by atoms with Crippen molar-refractivity contribution in [2.45, 2.75) is 12.3 Å². The second kappa shape index (κ2) is 6.10. The Labute approximate surface area is 128 Å². The second-order valence-electron chi connectivity index (χ2n) is 5.12. The number of hydrazone groups is 1. The van der Waals surface area contributed by atoms with E-state index in [-0.39, 0.29) is 11.8 Å². The average molecular weight is 299 g/mol. The van der Waals surface area contributed by atoms with E-state index in [0.717, 1.165) is 12.0 Å². The maximum atomic E-state index is 12.0. The van der Waals surface area contributed by atoms with Crippen LogP contribution in [0.3, 0.4) is 0 Å². The van der Waals surface area contributed by atoms with Crippen LogP contribution in [0.5, 0.6) is 0 Å². The first-order valence-electron chi connectivity index (χ1n) is 6.88. The molecule has 1 saturated carbocycles. The van der Waals surface area contributed by atoms with Gasteiger partial charge in [0, 0.05) is 16.5 Å². The number of hydrogen-bond donors (Lipinski definition) is 1. The van der Waals surface area contributed by atoms with Gasteiger partial charge < -0.3 is 0 Å². The highest BCUT2D eigenvalue weighted by molar-refractivity contribution is 6.33. The number of nitrogens with one attached hydrogen (secondary N) is 1. The summed E-state index contributed by atoms with van der Waals surface area (Å²) in [5.74, 6) is 0.310. The van der Waals surface area contributed by atoms with Gasteiger partial charge in [-0.3, -0.25) is 4.79 Å². The maximum absolute atomic E-state index is 12.0. The number of rotatable bonds is 4. The third-order valence-electron chi connectivity index (χ3n) is 3.64. The molecule has 0 aromatic heterocycles. The number of carbonyl (C=O) groups excluding carboxylic acids is 1. The van der Waals surface area contributed by atoms with Gasteiger partial charge in [-0.1, -0.05) is 60.1 Å². The number of nitrogens with zero attached hydrogens (tertiary/aromatic N) is 1. The molecule has 1 N–H and O–H groups in total. The summed E-state index contributed by atoms with van der Waals surface area (Å²) in [6.07, 6.45) is 2.46. The second-order valence-corrected chi connectivity index (χ2v) is 5.52. The van der Waals surface area contributed by atoms with Crippen LogP contribution in [-0.4, -0.2) is 12.1 Å². The van der Waals surface area contributed by atoms with E-state index in [0.29, 0.717) is 10.9 Å². The minimum absolute atomic E-state index is 0.0239. The highest BCUT2D eigenvalue weighted by atomic mass is 35.5. The molecule has 0 heterocycles. The van der Waals surface area contributed by atoms with Gasteiger partial charge in [0.2, 0.25) is 5.91 Å². The fourth-order valence-electron chi connectivity index (χ4n) is 2.38. The van der Waals surface area contributed by atoms with E-state index >= 15 is 0 Å². The molecule has 3 rings (SSSR count). The first-order valence-corrected chi connectivity index (χ1v) is 7.26. The number of amides is 1. The zero-order valence-corrected chi connectivity index (χ0v) is 12.1. The minimum atomic E-state index is -0.0350. The van der Waals surface area contributed by atoms with E-state index in [2.05, 4.69) is 22.7 Å². The van der Waals surface area contributed by atoms with Crippen molar-refractivity contribution in [3.05, 3.63) is 70.7 Å². The lowest BCUT2D eigenvalue weighted by atomic mass is 10.1. The van der Waals surface area contributed by atoms with Gasteiger partial charge in [-0.25, -0.2) is 5.43 Å². The molecule has 3 nitrogen and oxygen atoms in total. The van der Waals surface area contributed by atoms with Crippen molar-refractivity contribution in [2.24, 2.45) is 11.0 Å². The Morgan fingerprint density at radius 2 is 1.86 bits per heavy atom. The van der Waals surface area contributed by atoms with E-state index in [1.807, 2.05) is 36.4 Å². The fraction of sp³-hybridized carbons (Fsp3) is 0.176. The first kappa shape index (κ1) is 13.8. The van der Waals surface area contributed by atoms with E-state index < -0.39 is 0 Å². The van der Waals surface area contributed by atoms with Gasteiger partial charge in [0.05, 0.1) is 6.21 Å². The number of halogens is 1. The zero-order chi connectivity index (χ0) is 14.7. The quantitative estimate of drug-likeness (QED) is 0.680. The Kier molecular flexibility index (Phi) is 4.02. The van der Waals surface area contributed by atoms with Gasteiger partial charge in [0.15, 0.2) is 0 Å². The predicted octanol–water partition coefficient (Wildman–Crippen LogP) is 3.59. The molecule has 1 aliphatic carbocycles. The Bertz CT molecular complexity index is 670. The van der Waals surface area contributed by atoms with Gasteiger partial charge in [0.25, 0.3) is 0 Å². The SMILES string of the molecule is O=C(N/N=C\c1ccccc1Cl)[C@H]1C[C@@H]1c1ccccc1. The third-order valence-corrected chi connectivity index (χ3v) is 3.98. The highest BCUT2D eigenvalue weighted by Gasteiger charge is 2.43. The molecule has 2 atom stereocenters. The zero-order valence-electron chi connectivity index (χ0n) is 11.4. The Morgan fingerprint density at radius 3 is 2.62 bits per heavy atom. The highest BCUT2D eigenvalue weighted by Crippen LogP contribution is 2.47. The molecule has 0 spiro atoms. The lowest BCUT2D eigenvalue weighted by Crippen LogP contribution is -2.20. The molecule has 0 unspecified atom stereocenters. The molecule has 0 saturated heterocycles. The summed E-state index contributed by atoms with van der Waals surface area (Å²) in [5.41, 5.74) is 4.59. The molecule has 0 bridgehead atoms. The molecule has 2 aromatic rings. The molecule has 21 heavy (non-hydrogen) atoms. The van der Waals surface area contributed by atoms with Crippen LogP contribution >= 0.6 is 11.6 Å². The van der Waals surface area contributed by atoms with Crippen molar-refractivity contribution in [1.82, 2.24) is 5.43 Å². The van der Waals surface area contributed by atoms with E-state index in [9.17, 15) is 4.79 Å². The summed E-state index contributed by atoms with van der Waals surface area (Å²) >= 11 is 6.01. The molecule has 0 radical (unpaired) electrons. The third kappa shape index (κ3) is 3.31. The lowest BCUT2D eigenvalue weighted by molar-refractivity contribution is -0.122. The summed E-state index contributed by atoms with van der Waals surface area (Å²) in [7, 11) is 0. The predicted molar refractivity (Wildman–Crippen MR) is 84.5 cm³/mol. The van der Waals surface area contributed by atoms with Crippen LogP contribution in [-0.2, 0) is 4.79 Å². The van der Waals surface area contributed by atoms with Crippen LogP contribution in [0, 0.1) is 5.92 Å². The van der Waals surface area contributed by atoms with E-state index in [4.69, 9.17) is 11.6 Å². The summed E-state index contributed by atoms with van der Waals surface area (Å²) in [5, 5.41) is 4.60. The van der Waals surface area contributed by atoms with Crippen LogP contribution in [0.2, 0.25) is 5.02 Å². The Balaban J connectivity index is 1.56. The molecule has 4 heteroatoms. The number of hydrogen-bond acceptors (Lipinski definition) is 2. The van der Waals surface area contributed by atoms with Crippen molar-refractivity contribution in [3.63, 3.8) is 0 Å². The standard InChI is InChI=1S/C17H15ClN2O/c18-16-9-5-4-8-13(16)11-19-20-17(21)15-10-14(15)12-6-2-1-3-7-12/h1-9,11,14-15H,10H2,(H,20,21)/b19-11-/t14-,15+/m1/s1. The fourth-order valence-corrected chi connectivity index (χ4v) is 2.57. The molecule has 1 fully saturated rings. The van der Waals surface area contributed by atoms with Crippen LogP contribution < -0.4 is 5.43 Å². The van der Waals surface area contributed by atoms with Gasteiger partial charge in [-0.05, 0) is 24.0 Å². The summed E-state index contributed by atoms with van der Waals surface area (Å²) in [6, 6.07) is 17.5. The molecular weight excluding hydrogens is 284 g/mol. The number of benzene rings is 2. The monoisotopic (exact) mass is 298 g/mol. The van der Waals surface area contributed by atoms with Crippen LogP contribution in [0.25, 0.3) is 0 Å². The van der Waals surface area contributed by atoms with Crippen LogP contribution in [0.4, 0.5) is 0 Å². The smallest absolute Gasteiger partial charge is 0.243 e. The topological polar surface area (TPSA) is 41.5 Å². The summed E-state index contributed by atoms with van der Waals surface area (Å²) < 4.78 is 0. The van der Waals surface area contributed by atoms with Gasteiger partial charge in [-0.2, -0.15) is 5.10 Å². The molecule has 2 aromatic carbocycles. The molecule has 106 valence electrons. The molecule has 1 aliphatic rings. The largest absolute Gasteiger partial charge is 0.273 e. The molecule has 1 amide bonds. The Hall–Kier alpha value is -2.13. The van der Waals surface area contributed by atoms with Gasteiger partial charge in [-0.15, -0.1) is 0 Å². The molecular formula is C17H15ClN2O. The van der Waals surface area contributed by atoms with Crippen molar-refractivity contribution in [3.8, 4) is 0 Å². The number of carbonyl (C=O) groups is 1. The van der Waals surface area contributed by atoms with Crippen molar-refractivity contribution < 1.29 is 4.79 Å². The normalized spacial score (nSPS) is 20.4. The van der Waals surface area contributed by atoms with Gasteiger partial charge in [0.1, 0.15) is 0 Å². The summed E-state index contributed by atoms with van der Waals surface area (Å²) in [6.45, 7) is 0. The van der Waals surface area contributed by atoms with E-state index in [1.54, 1.807) is 12.3 Å². The molecule has 0 aliphatic heterocycles. The minimum Gasteiger partial charge on any atom is -0.273 e. The summed E-state index contributed by atoms with van der Waals surface area (Å²) in [4.78, 5) is 12.0. The van der Waals surface area contributed by atoms with Crippen molar-refractivity contribution in [1.29, 1.82) is 0 Å². The first-order chi connectivity index (χ1) is 10.3. The lowest BCUT2D eigenvalue weighted by Gasteiger charge is -2.00.